The summed E-state index contributed by atoms with van der Waals surface area (Å²) in [5, 5.41) is 9.58. The molecule has 2 aromatic rings. The molecule has 2 aromatic carbocycles. The maximum Gasteiger partial charge on any atom is 0.208 e. The minimum absolute atomic E-state index is 0. The zero-order chi connectivity index (χ0) is 14.8. The van der Waals surface area contributed by atoms with E-state index in [0.717, 1.165) is 11.1 Å². The number of anilines is 1. The fourth-order valence-electron chi connectivity index (χ4n) is 2.45. The average molecular weight is 336 g/mol. The van der Waals surface area contributed by atoms with Gasteiger partial charge in [0, 0.05) is 11.1 Å². The number of fused-ring (bicyclic) bond motifs is 1. The van der Waals surface area contributed by atoms with Crippen LogP contribution < -0.4 is 22.2 Å². The molecule has 116 valence electrons. The van der Waals surface area contributed by atoms with Crippen molar-refractivity contribution in [1.29, 1.82) is 0 Å². The van der Waals surface area contributed by atoms with Crippen molar-refractivity contribution >= 4 is 52.2 Å². The zero-order valence-electron chi connectivity index (χ0n) is 11.9. The molecule has 0 amide bonds. The first-order chi connectivity index (χ1) is 10.1. The summed E-state index contributed by atoms with van der Waals surface area (Å²) in [5.41, 5.74) is 15.5. The highest BCUT2D eigenvalue weighted by Crippen LogP contribution is 2.44. The summed E-state index contributed by atoms with van der Waals surface area (Å²) in [6.07, 6.45) is 2.56. The van der Waals surface area contributed by atoms with E-state index in [2.05, 4.69) is 46.2 Å². The fraction of sp³-hybridized carbons (Fsp3) is 0.200. The van der Waals surface area contributed by atoms with Gasteiger partial charge in [-0.2, -0.15) is 0 Å². The van der Waals surface area contributed by atoms with Crippen LogP contribution in [0.25, 0.3) is 10.8 Å². The third kappa shape index (κ3) is 3.58. The third-order valence-corrected chi connectivity index (χ3v) is 3.70. The number of hydrogen-bond donors (Lipinski definition) is 4. The number of rotatable bonds is 3. The van der Waals surface area contributed by atoms with Gasteiger partial charge in [0.05, 0.1) is 0 Å². The molecule has 0 saturated heterocycles. The van der Waals surface area contributed by atoms with Crippen LogP contribution in [0.3, 0.4) is 0 Å². The molecule has 7 heteroatoms. The van der Waals surface area contributed by atoms with Crippen LogP contribution in [0, 0.1) is 0 Å². The lowest BCUT2D eigenvalue weighted by molar-refractivity contribution is 1.03. The quantitative estimate of drug-likeness (QED) is 0.300. The summed E-state index contributed by atoms with van der Waals surface area (Å²) in [7, 11) is 0. The van der Waals surface area contributed by atoms with Crippen molar-refractivity contribution in [2.45, 2.75) is 18.8 Å². The van der Waals surface area contributed by atoms with E-state index in [9.17, 15) is 0 Å². The number of nitrogens with one attached hydrogen (secondary N) is 2. The number of nitrogens with two attached hydrogens (primary N) is 2. The fourth-order valence-corrected chi connectivity index (χ4v) is 2.60. The molecular weight excluding hydrogens is 318 g/mol. The first-order valence-electron chi connectivity index (χ1n) is 6.82. The molecule has 0 radical (unpaired) electrons. The Kier molecular flexibility index (Phi) is 5.05. The Labute approximate surface area is 140 Å². The van der Waals surface area contributed by atoms with Gasteiger partial charge in [0.15, 0.2) is 5.11 Å². The standard InChI is InChI=1S/C15H17N5S.ClH/c16-14(17)19-20-15(21)18-13-8-7-10(9-5-6-9)11-3-1-2-4-12(11)13;/h1-4,7-9H,5-6H2,(H4,16,17,19)(H2,18,20,21);1H. The SMILES string of the molecule is Cl.NC(N)=NNC(=S)Nc1ccc(C2CC2)c2ccccc12. The lowest BCUT2D eigenvalue weighted by Gasteiger charge is -2.13. The van der Waals surface area contributed by atoms with Crippen molar-refractivity contribution < 1.29 is 0 Å². The van der Waals surface area contributed by atoms with Gasteiger partial charge in [-0.1, -0.05) is 30.3 Å². The number of hydrazone groups is 1. The highest BCUT2D eigenvalue weighted by atomic mass is 35.5. The van der Waals surface area contributed by atoms with Crippen molar-refractivity contribution in [3.8, 4) is 0 Å². The second kappa shape index (κ2) is 6.81. The summed E-state index contributed by atoms with van der Waals surface area (Å²) >= 11 is 5.17. The number of thiocarbonyl (C=S) groups is 1. The molecule has 1 aliphatic carbocycles. The zero-order valence-corrected chi connectivity index (χ0v) is 13.5. The largest absolute Gasteiger partial charge is 0.369 e. The summed E-state index contributed by atoms with van der Waals surface area (Å²) in [5.74, 6) is 0.642. The van der Waals surface area contributed by atoms with E-state index in [4.69, 9.17) is 23.7 Å². The van der Waals surface area contributed by atoms with Gasteiger partial charge in [-0.15, -0.1) is 17.5 Å². The highest BCUT2D eigenvalue weighted by Gasteiger charge is 2.25. The lowest BCUT2D eigenvalue weighted by Crippen LogP contribution is -2.31. The topological polar surface area (TPSA) is 88.5 Å². The molecule has 6 N–H and O–H groups in total. The predicted octanol–water partition coefficient (Wildman–Crippen LogP) is 2.61. The van der Waals surface area contributed by atoms with E-state index < -0.39 is 0 Å². The summed E-state index contributed by atoms with van der Waals surface area (Å²) < 4.78 is 0. The molecule has 0 aromatic heterocycles. The Morgan fingerprint density at radius 1 is 1.09 bits per heavy atom. The molecule has 5 nitrogen and oxygen atoms in total. The minimum atomic E-state index is -0.0620. The van der Waals surface area contributed by atoms with Crippen LogP contribution in [0.2, 0.25) is 0 Å². The molecule has 0 unspecified atom stereocenters. The van der Waals surface area contributed by atoms with Crippen molar-refractivity contribution in [1.82, 2.24) is 5.43 Å². The maximum atomic E-state index is 5.26. The van der Waals surface area contributed by atoms with Gasteiger partial charge in [0.1, 0.15) is 0 Å². The molecule has 1 saturated carbocycles. The van der Waals surface area contributed by atoms with Crippen LogP contribution in [0.1, 0.15) is 24.3 Å². The van der Waals surface area contributed by atoms with E-state index in [1.165, 1.54) is 23.8 Å². The first kappa shape index (κ1) is 16.3. The van der Waals surface area contributed by atoms with E-state index in [1.54, 1.807) is 0 Å². The Morgan fingerprint density at radius 3 is 2.41 bits per heavy atom. The van der Waals surface area contributed by atoms with Crippen LogP contribution in [0.4, 0.5) is 5.69 Å². The van der Waals surface area contributed by atoms with Gasteiger partial charge in [0.2, 0.25) is 5.96 Å². The Morgan fingerprint density at radius 2 is 1.77 bits per heavy atom. The van der Waals surface area contributed by atoms with E-state index in [-0.39, 0.29) is 18.4 Å². The molecule has 0 heterocycles. The second-order valence-electron chi connectivity index (χ2n) is 5.12. The van der Waals surface area contributed by atoms with Gasteiger partial charge in [-0.3, -0.25) is 5.43 Å². The molecule has 0 spiro atoms. The predicted molar refractivity (Wildman–Crippen MR) is 98.3 cm³/mol. The number of benzene rings is 2. The van der Waals surface area contributed by atoms with Gasteiger partial charge in [-0.05, 0) is 48.0 Å². The van der Waals surface area contributed by atoms with Crippen LogP contribution in [0.15, 0.2) is 41.5 Å². The summed E-state index contributed by atoms with van der Waals surface area (Å²) in [6, 6.07) is 12.6. The van der Waals surface area contributed by atoms with Crippen LogP contribution >= 0.6 is 24.6 Å². The monoisotopic (exact) mass is 335 g/mol. The molecule has 22 heavy (non-hydrogen) atoms. The minimum Gasteiger partial charge on any atom is -0.369 e. The van der Waals surface area contributed by atoms with Crippen molar-refractivity contribution in [3.05, 3.63) is 42.0 Å². The number of hydrogen-bond acceptors (Lipinski definition) is 2. The Balaban J connectivity index is 0.00000176. The van der Waals surface area contributed by atoms with Gasteiger partial charge in [-0.25, -0.2) is 0 Å². The number of halogens is 1. The highest BCUT2D eigenvalue weighted by molar-refractivity contribution is 7.80. The number of nitrogens with zero attached hydrogens (tertiary/aromatic N) is 1. The lowest BCUT2D eigenvalue weighted by atomic mass is 10.00. The Bertz CT molecular complexity index is 723. The smallest absolute Gasteiger partial charge is 0.208 e. The van der Waals surface area contributed by atoms with Crippen LogP contribution in [-0.2, 0) is 0 Å². The van der Waals surface area contributed by atoms with E-state index in [1.807, 2.05) is 6.07 Å². The van der Waals surface area contributed by atoms with Crippen molar-refractivity contribution in [2.75, 3.05) is 5.32 Å². The first-order valence-corrected chi connectivity index (χ1v) is 7.23. The van der Waals surface area contributed by atoms with Crippen molar-refractivity contribution in [3.63, 3.8) is 0 Å². The summed E-state index contributed by atoms with van der Waals surface area (Å²) in [4.78, 5) is 0. The van der Waals surface area contributed by atoms with E-state index in [0.29, 0.717) is 11.0 Å². The molecule has 1 aliphatic rings. The van der Waals surface area contributed by atoms with E-state index >= 15 is 0 Å². The number of guanidine groups is 1. The van der Waals surface area contributed by atoms with Gasteiger partial charge < -0.3 is 16.8 Å². The van der Waals surface area contributed by atoms with Gasteiger partial charge >= 0.3 is 0 Å². The molecule has 0 bridgehead atoms. The average Bonchev–Trinajstić information content (AvgIpc) is 3.30. The second-order valence-corrected chi connectivity index (χ2v) is 5.53. The van der Waals surface area contributed by atoms with Gasteiger partial charge in [0.25, 0.3) is 0 Å². The van der Waals surface area contributed by atoms with Crippen LogP contribution in [-0.4, -0.2) is 11.1 Å². The van der Waals surface area contributed by atoms with Crippen LogP contribution in [0.5, 0.6) is 0 Å². The molecule has 3 rings (SSSR count). The maximum absolute atomic E-state index is 5.26. The molecular formula is C15H18ClN5S. The normalized spacial score (nSPS) is 13.1. The molecule has 0 atom stereocenters. The molecule has 0 aliphatic heterocycles. The molecule has 1 fully saturated rings. The third-order valence-electron chi connectivity index (χ3n) is 3.51. The summed E-state index contributed by atoms with van der Waals surface area (Å²) in [6.45, 7) is 0. The van der Waals surface area contributed by atoms with Crippen molar-refractivity contribution in [2.24, 2.45) is 16.6 Å². The Hall–Kier alpha value is -2.05.